The van der Waals surface area contributed by atoms with Crippen LogP contribution in [0.1, 0.15) is 34.7 Å². The van der Waals surface area contributed by atoms with E-state index in [1.165, 1.54) is 11.3 Å². The van der Waals surface area contributed by atoms with Crippen molar-refractivity contribution >= 4 is 23.2 Å². The second-order valence-electron chi connectivity index (χ2n) is 8.43. The van der Waals surface area contributed by atoms with Crippen LogP contribution in [0, 0.1) is 13.8 Å². The molecule has 1 aliphatic heterocycles. The van der Waals surface area contributed by atoms with Gasteiger partial charge in [0.25, 0.3) is 0 Å². The van der Waals surface area contributed by atoms with Crippen molar-refractivity contribution in [3.8, 4) is 0 Å². The minimum Gasteiger partial charge on any atom is -0.374 e. The first-order valence-electron chi connectivity index (χ1n) is 10.4. The maximum absolute atomic E-state index is 12.4. The molecule has 30 heavy (non-hydrogen) atoms. The highest BCUT2D eigenvalue weighted by molar-refractivity contribution is 6.39. The SMILES string of the molecule is Cc1cc(C)cc(NC(=O)C(=O)NC[C@H](c2ccc3c(c2)CCCN3C)N(C)C)c1. The molecule has 6 heteroatoms. The van der Waals surface area contributed by atoms with Crippen LogP contribution in [0.25, 0.3) is 0 Å². The van der Waals surface area contributed by atoms with Crippen LogP contribution in [0.5, 0.6) is 0 Å². The van der Waals surface area contributed by atoms with Crippen LogP contribution >= 0.6 is 0 Å². The molecule has 3 rings (SSSR count). The van der Waals surface area contributed by atoms with Gasteiger partial charge in [-0.15, -0.1) is 0 Å². The molecule has 6 nitrogen and oxygen atoms in total. The van der Waals surface area contributed by atoms with Crippen LogP contribution in [-0.2, 0) is 16.0 Å². The standard InChI is InChI=1S/C24H32N4O2/c1-16-11-17(2)13-20(12-16)26-24(30)23(29)25-15-22(27(3)4)19-8-9-21-18(14-19)7-6-10-28(21)5/h8-9,11-14,22H,6-7,10,15H2,1-5H3,(H,25,29)(H,26,30)/t22-/m1/s1. The first kappa shape index (κ1) is 21.8. The predicted octanol–water partition coefficient (Wildman–Crippen LogP) is 3.04. The number of carbonyl (C=O) groups is 2. The summed E-state index contributed by atoms with van der Waals surface area (Å²) in [7, 11) is 6.09. The molecule has 1 aliphatic rings. The Kier molecular flexibility index (Phi) is 6.77. The quantitative estimate of drug-likeness (QED) is 0.747. The molecule has 2 N–H and O–H groups in total. The van der Waals surface area contributed by atoms with Crippen LogP contribution < -0.4 is 15.5 Å². The fraction of sp³-hybridized carbons (Fsp3) is 0.417. The Morgan fingerprint density at radius 2 is 1.77 bits per heavy atom. The summed E-state index contributed by atoms with van der Waals surface area (Å²) < 4.78 is 0. The second kappa shape index (κ2) is 9.30. The largest absolute Gasteiger partial charge is 0.374 e. The smallest absolute Gasteiger partial charge is 0.313 e. The van der Waals surface area contributed by atoms with E-state index in [1.54, 1.807) is 0 Å². The Morgan fingerprint density at radius 3 is 2.43 bits per heavy atom. The summed E-state index contributed by atoms with van der Waals surface area (Å²) in [5.41, 5.74) is 6.47. The summed E-state index contributed by atoms with van der Waals surface area (Å²) in [6, 6.07) is 12.2. The molecule has 0 radical (unpaired) electrons. The predicted molar refractivity (Wildman–Crippen MR) is 122 cm³/mol. The Bertz CT molecular complexity index is 919. The lowest BCUT2D eigenvalue weighted by molar-refractivity contribution is -0.136. The van der Waals surface area contributed by atoms with Gasteiger partial charge in [-0.2, -0.15) is 0 Å². The molecule has 0 aromatic heterocycles. The second-order valence-corrected chi connectivity index (χ2v) is 8.43. The topological polar surface area (TPSA) is 64.7 Å². The van der Waals surface area contributed by atoms with Gasteiger partial charge in [-0.05, 0) is 81.2 Å². The molecule has 0 saturated heterocycles. The number of likely N-dealkylation sites (N-methyl/N-ethyl adjacent to an activating group) is 1. The van der Waals surface area contributed by atoms with Crippen LogP contribution in [0.2, 0.25) is 0 Å². The van der Waals surface area contributed by atoms with E-state index in [9.17, 15) is 9.59 Å². The van der Waals surface area contributed by atoms with Crippen molar-refractivity contribution in [3.63, 3.8) is 0 Å². The lowest BCUT2D eigenvalue weighted by atomic mass is 9.96. The van der Waals surface area contributed by atoms with Gasteiger partial charge in [-0.25, -0.2) is 0 Å². The highest BCUT2D eigenvalue weighted by Crippen LogP contribution is 2.29. The minimum atomic E-state index is -0.649. The van der Waals surface area contributed by atoms with Crippen molar-refractivity contribution in [1.29, 1.82) is 0 Å². The van der Waals surface area contributed by atoms with E-state index in [0.717, 1.165) is 36.1 Å². The highest BCUT2D eigenvalue weighted by atomic mass is 16.2. The van der Waals surface area contributed by atoms with Gasteiger partial charge in [0.2, 0.25) is 0 Å². The van der Waals surface area contributed by atoms with Crippen molar-refractivity contribution in [2.45, 2.75) is 32.7 Å². The maximum atomic E-state index is 12.4. The van der Waals surface area contributed by atoms with Gasteiger partial charge in [-0.1, -0.05) is 18.2 Å². The number of benzene rings is 2. The summed E-state index contributed by atoms with van der Waals surface area (Å²) in [5.74, 6) is -1.27. The van der Waals surface area contributed by atoms with E-state index in [-0.39, 0.29) is 6.04 Å². The Labute approximate surface area is 179 Å². The number of nitrogens with one attached hydrogen (secondary N) is 2. The van der Waals surface area contributed by atoms with Crippen LogP contribution in [0.4, 0.5) is 11.4 Å². The molecule has 0 saturated carbocycles. The van der Waals surface area contributed by atoms with Gasteiger partial charge in [-0.3, -0.25) is 9.59 Å². The van der Waals surface area contributed by atoms with Gasteiger partial charge in [0.1, 0.15) is 0 Å². The normalized spacial score (nSPS) is 14.3. The number of amides is 2. The van der Waals surface area contributed by atoms with Crippen molar-refractivity contribution in [2.75, 3.05) is 44.4 Å². The molecule has 1 heterocycles. The minimum absolute atomic E-state index is 0.0134. The Morgan fingerprint density at radius 1 is 1.07 bits per heavy atom. The number of nitrogens with zero attached hydrogens (tertiary/aromatic N) is 2. The van der Waals surface area contributed by atoms with E-state index in [1.807, 2.05) is 46.1 Å². The number of anilines is 2. The van der Waals surface area contributed by atoms with Crippen LogP contribution in [0.15, 0.2) is 36.4 Å². The fourth-order valence-corrected chi connectivity index (χ4v) is 4.12. The first-order chi connectivity index (χ1) is 14.2. The summed E-state index contributed by atoms with van der Waals surface area (Å²) in [6.07, 6.45) is 2.22. The molecule has 2 aromatic rings. The molecule has 2 amide bonds. The highest BCUT2D eigenvalue weighted by Gasteiger charge is 2.21. The monoisotopic (exact) mass is 408 g/mol. The summed E-state index contributed by atoms with van der Waals surface area (Å²) in [6.45, 7) is 5.36. The Balaban J connectivity index is 1.65. The zero-order chi connectivity index (χ0) is 21.8. The summed E-state index contributed by atoms with van der Waals surface area (Å²) in [4.78, 5) is 29.1. The number of hydrogen-bond donors (Lipinski definition) is 2. The molecule has 0 spiro atoms. The molecule has 0 aliphatic carbocycles. The number of rotatable bonds is 5. The molecule has 0 unspecified atom stereocenters. The van der Waals surface area contributed by atoms with E-state index in [2.05, 4.69) is 45.7 Å². The molecular weight excluding hydrogens is 376 g/mol. The zero-order valence-electron chi connectivity index (χ0n) is 18.6. The molecule has 1 atom stereocenters. The fourth-order valence-electron chi connectivity index (χ4n) is 4.12. The zero-order valence-corrected chi connectivity index (χ0v) is 18.6. The lowest BCUT2D eigenvalue weighted by Gasteiger charge is -2.30. The van der Waals surface area contributed by atoms with Crippen molar-refractivity contribution in [3.05, 3.63) is 58.7 Å². The van der Waals surface area contributed by atoms with Gasteiger partial charge >= 0.3 is 11.8 Å². The number of carbonyl (C=O) groups excluding carboxylic acids is 2. The van der Waals surface area contributed by atoms with Gasteiger partial charge in [0, 0.05) is 31.5 Å². The number of hydrogen-bond acceptors (Lipinski definition) is 4. The van der Waals surface area contributed by atoms with Gasteiger partial charge in [0.05, 0.1) is 6.04 Å². The van der Waals surface area contributed by atoms with Crippen molar-refractivity contribution < 1.29 is 9.59 Å². The lowest BCUT2D eigenvalue weighted by Crippen LogP contribution is -2.40. The van der Waals surface area contributed by atoms with Gasteiger partial charge < -0.3 is 20.4 Å². The molecule has 160 valence electrons. The third-order valence-corrected chi connectivity index (χ3v) is 5.60. The molecule has 0 fully saturated rings. The number of fused-ring (bicyclic) bond motifs is 1. The van der Waals surface area contributed by atoms with E-state index >= 15 is 0 Å². The van der Waals surface area contributed by atoms with Gasteiger partial charge in [0.15, 0.2) is 0 Å². The van der Waals surface area contributed by atoms with Crippen molar-refractivity contribution in [2.24, 2.45) is 0 Å². The molecule has 0 bridgehead atoms. The van der Waals surface area contributed by atoms with E-state index in [4.69, 9.17) is 0 Å². The third kappa shape index (κ3) is 5.19. The Hall–Kier alpha value is -2.86. The maximum Gasteiger partial charge on any atom is 0.313 e. The molecular formula is C24H32N4O2. The summed E-state index contributed by atoms with van der Waals surface area (Å²) in [5, 5.41) is 5.49. The third-order valence-electron chi connectivity index (χ3n) is 5.60. The average molecular weight is 409 g/mol. The van der Waals surface area contributed by atoms with Crippen molar-refractivity contribution in [1.82, 2.24) is 10.2 Å². The summed E-state index contributed by atoms with van der Waals surface area (Å²) >= 11 is 0. The van der Waals surface area contributed by atoms with E-state index < -0.39 is 11.8 Å². The average Bonchev–Trinajstić information content (AvgIpc) is 2.67. The first-order valence-corrected chi connectivity index (χ1v) is 10.4. The number of aryl methyl sites for hydroxylation is 3. The molecule has 2 aromatic carbocycles. The van der Waals surface area contributed by atoms with Crippen LogP contribution in [0.3, 0.4) is 0 Å². The van der Waals surface area contributed by atoms with Crippen LogP contribution in [-0.4, -0.2) is 50.9 Å². The van der Waals surface area contributed by atoms with E-state index in [0.29, 0.717) is 12.2 Å².